The Morgan fingerprint density at radius 2 is 1.75 bits per heavy atom. The topological polar surface area (TPSA) is 85.3 Å². The van der Waals surface area contributed by atoms with Crippen molar-refractivity contribution >= 4 is 23.5 Å². The molecule has 0 unspecified atom stereocenters. The highest BCUT2D eigenvalue weighted by Crippen LogP contribution is 2.44. The third-order valence-corrected chi connectivity index (χ3v) is 6.42. The number of nitrogens with zero attached hydrogens (tertiary/aromatic N) is 1. The number of benzene rings is 3. The predicted molar refractivity (Wildman–Crippen MR) is 136 cm³/mol. The van der Waals surface area contributed by atoms with Gasteiger partial charge in [0.1, 0.15) is 17.9 Å². The van der Waals surface area contributed by atoms with E-state index in [1.807, 2.05) is 43.3 Å². The molecular formula is C28H28ClNO6. The summed E-state index contributed by atoms with van der Waals surface area (Å²) in [5, 5.41) is 10.2. The molecular weight excluding hydrogens is 482 g/mol. The van der Waals surface area contributed by atoms with Gasteiger partial charge in [0, 0.05) is 34.6 Å². The molecule has 8 heteroatoms. The van der Waals surface area contributed by atoms with Crippen LogP contribution in [0.25, 0.3) is 0 Å². The summed E-state index contributed by atoms with van der Waals surface area (Å²) in [7, 11) is 3.06. The van der Waals surface area contributed by atoms with Gasteiger partial charge in [-0.2, -0.15) is 0 Å². The fourth-order valence-corrected chi connectivity index (χ4v) is 4.71. The molecule has 0 aromatic heterocycles. The molecule has 4 rings (SSSR count). The van der Waals surface area contributed by atoms with E-state index < -0.39 is 24.0 Å². The summed E-state index contributed by atoms with van der Waals surface area (Å²) in [6.07, 6.45) is 1.21. The second kappa shape index (κ2) is 10.5. The highest BCUT2D eigenvalue weighted by atomic mass is 35.5. The SMILES string of the molecule is COc1ccccc1CN(CC(=O)O)C(=O)c1cc2c(c(OC)c1)O[C@@](C)(Cc1ccc(Cl)cc1)C2. The zero-order valence-corrected chi connectivity index (χ0v) is 21.2. The second-order valence-electron chi connectivity index (χ2n) is 9.07. The first kappa shape index (κ1) is 25.4. The quantitative estimate of drug-likeness (QED) is 0.436. The number of ether oxygens (including phenoxy) is 3. The van der Waals surface area contributed by atoms with E-state index in [9.17, 15) is 14.7 Å². The summed E-state index contributed by atoms with van der Waals surface area (Å²) in [4.78, 5) is 26.4. The second-order valence-corrected chi connectivity index (χ2v) is 9.50. The smallest absolute Gasteiger partial charge is 0.323 e. The van der Waals surface area contributed by atoms with E-state index in [4.69, 9.17) is 25.8 Å². The largest absolute Gasteiger partial charge is 0.496 e. The molecule has 36 heavy (non-hydrogen) atoms. The molecule has 1 aliphatic heterocycles. The maximum absolute atomic E-state index is 13.5. The van der Waals surface area contributed by atoms with Gasteiger partial charge < -0.3 is 24.2 Å². The number of methoxy groups -OCH3 is 2. The van der Waals surface area contributed by atoms with Crippen LogP contribution in [0.3, 0.4) is 0 Å². The van der Waals surface area contributed by atoms with Gasteiger partial charge in [-0.25, -0.2) is 0 Å². The van der Waals surface area contributed by atoms with Gasteiger partial charge in [-0.15, -0.1) is 0 Å². The molecule has 0 saturated heterocycles. The first-order chi connectivity index (χ1) is 17.2. The Balaban J connectivity index is 1.62. The summed E-state index contributed by atoms with van der Waals surface area (Å²) in [6, 6.07) is 18.2. The number of halogens is 1. The van der Waals surface area contributed by atoms with Gasteiger partial charge in [0.15, 0.2) is 11.5 Å². The van der Waals surface area contributed by atoms with Gasteiger partial charge in [0.25, 0.3) is 5.91 Å². The highest BCUT2D eigenvalue weighted by Gasteiger charge is 2.38. The van der Waals surface area contributed by atoms with Crippen molar-refractivity contribution in [2.45, 2.75) is 31.9 Å². The summed E-state index contributed by atoms with van der Waals surface area (Å²) in [5.41, 5.74) is 2.42. The van der Waals surface area contributed by atoms with Crippen LogP contribution < -0.4 is 14.2 Å². The van der Waals surface area contributed by atoms with Crippen LogP contribution in [-0.2, 0) is 24.2 Å². The third kappa shape index (κ3) is 5.57. The monoisotopic (exact) mass is 509 g/mol. The average molecular weight is 510 g/mol. The Morgan fingerprint density at radius 3 is 2.42 bits per heavy atom. The zero-order valence-electron chi connectivity index (χ0n) is 20.4. The first-order valence-electron chi connectivity index (χ1n) is 11.5. The van der Waals surface area contributed by atoms with Crippen molar-refractivity contribution in [3.63, 3.8) is 0 Å². The van der Waals surface area contributed by atoms with Gasteiger partial charge in [0.2, 0.25) is 0 Å². The number of aliphatic carboxylic acids is 1. The van der Waals surface area contributed by atoms with E-state index >= 15 is 0 Å². The van der Waals surface area contributed by atoms with E-state index in [2.05, 4.69) is 0 Å². The Labute approximate surface area is 215 Å². The molecule has 7 nitrogen and oxygen atoms in total. The molecule has 188 valence electrons. The van der Waals surface area contributed by atoms with E-state index in [1.165, 1.54) is 19.1 Å². The Morgan fingerprint density at radius 1 is 1.06 bits per heavy atom. The van der Waals surface area contributed by atoms with E-state index in [1.54, 1.807) is 24.3 Å². The van der Waals surface area contributed by atoms with Crippen LogP contribution in [0.1, 0.15) is 34.0 Å². The Bertz CT molecular complexity index is 1280. The standard InChI is InChI=1S/C28H28ClNO6/c1-28(14-18-8-10-22(29)11-9-18)15-21-12-20(13-24(35-3)26(21)36-28)27(33)30(17-25(31)32)16-19-6-4-5-7-23(19)34-2/h4-13H,14-17H2,1-3H3,(H,31,32)/t28-/m0/s1. The molecule has 1 amide bonds. The van der Waals surface area contributed by atoms with Crippen molar-refractivity contribution in [2.75, 3.05) is 20.8 Å². The number of hydrogen-bond acceptors (Lipinski definition) is 5. The summed E-state index contributed by atoms with van der Waals surface area (Å²) in [5.74, 6) is 0.0859. The number of rotatable bonds is 9. The van der Waals surface area contributed by atoms with Crippen LogP contribution >= 0.6 is 11.6 Å². The summed E-state index contributed by atoms with van der Waals surface area (Å²) < 4.78 is 17.3. The van der Waals surface area contributed by atoms with Crippen molar-refractivity contribution in [3.05, 3.63) is 87.9 Å². The minimum Gasteiger partial charge on any atom is -0.496 e. The van der Waals surface area contributed by atoms with Crippen LogP contribution in [0.2, 0.25) is 5.02 Å². The lowest BCUT2D eigenvalue weighted by Gasteiger charge is -2.24. The van der Waals surface area contributed by atoms with Gasteiger partial charge >= 0.3 is 5.97 Å². The van der Waals surface area contributed by atoms with Crippen LogP contribution in [-0.4, -0.2) is 48.2 Å². The lowest BCUT2D eigenvalue weighted by atomic mass is 9.91. The molecule has 0 bridgehead atoms. The van der Waals surface area contributed by atoms with Gasteiger partial charge in [-0.3, -0.25) is 9.59 Å². The lowest BCUT2D eigenvalue weighted by molar-refractivity contribution is -0.137. The van der Waals surface area contributed by atoms with E-state index in [-0.39, 0.29) is 6.54 Å². The van der Waals surface area contributed by atoms with Gasteiger partial charge in [-0.05, 0) is 42.8 Å². The minimum atomic E-state index is -1.11. The van der Waals surface area contributed by atoms with Crippen molar-refractivity contribution < 1.29 is 28.9 Å². The molecule has 0 aliphatic carbocycles. The number of amides is 1. The number of fused-ring (bicyclic) bond motifs is 1. The highest BCUT2D eigenvalue weighted by molar-refractivity contribution is 6.30. The molecule has 1 atom stereocenters. The number of hydrogen-bond donors (Lipinski definition) is 1. The fourth-order valence-electron chi connectivity index (χ4n) is 4.58. The van der Waals surface area contributed by atoms with Crippen LogP contribution in [0.5, 0.6) is 17.2 Å². The maximum atomic E-state index is 13.5. The van der Waals surface area contributed by atoms with Crippen molar-refractivity contribution in [3.8, 4) is 17.2 Å². The molecule has 1 N–H and O–H groups in total. The molecule has 0 saturated carbocycles. The van der Waals surface area contributed by atoms with Crippen molar-refractivity contribution in [1.82, 2.24) is 4.90 Å². The Hall–Kier alpha value is -3.71. The molecule has 0 spiro atoms. The van der Waals surface area contributed by atoms with Crippen molar-refractivity contribution in [1.29, 1.82) is 0 Å². The molecule has 3 aromatic rings. The first-order valence-corrected chi connectivity index (χ1v) is 11.9. The maximum Gasteiger partial charge on any atom is 0.323 e. The van der Waals surface area contributed by atoms with E-state index in [0.29, 0.717) is 46.2 Å². The van der Waals surface area contributed by atoms with Gasteiger partial charge in [-0.1, -0.05) is 41.9 Å². The predicted octanol–water partition coefficient (Wildman–Crippen LogP) is 5.02. The number of para-hydroxylation sites is 1. The zero-order chi connectivity index (χ0) is 25.9. The molecule has 1 heterocycles. The van der Waals surface area contributed by atoms with Crippen LogP contribution in [0.15, 0.2) is 60.7 Å². The number of carbonyl (C=O) groups excluding carboxylic acids is 1. The summed E-state index contributed by atoms with van der Waals surface area (Å²) in [6.45, 7) is 1.64. The molecule has 3 aromatic carbocycles. The summed E-state index contributed by atoms with van der Waals surface area (Å²) >= 11 is 6.02. The van der Waals surface area contributed by atoms with Gasteiger partial charge in [0.05, 0.1) is 20.8 Å². The molecule has 0 fully saturated rings. The minimum absolute atomic E-state index is 0.0827. The van der Waals surface area contributed by atoms with Crippen LogP contribution in [0, 0.1) is 0 Å². The number of carbonyl (C=O) groups is 2. The molecule has 0 radical (unpaired) electrons. The van der Waals surface area contributed by atoms with Crippen molar-refractivity contribution in [2.24, 2.45) is 0 Å². The fraction of sp³-hybridized carbons (Fsp3) is 0.286. The normalized spacial score (nSPS) is 16.1. The Kier molecular flexibility index (Phi) is 7.40. The van der Waals surface area contributed by atoms with Crippen LogP contribution in [0.4, 0.5) is 0 Å². The molecule has 1 aliphatic rings. The lowest BCUT2D eigenvalue weighted by Crippen LogP contribution is -2.35. The van der Waals surface area contributed by atoms with E-state index in [0.717, 1.165) is 11.1 Å². The third-order valence-electron chi connectivity index (χ3n) is 6.17. The average Bonchev–Trinajstić information content (AvgIpc) is 3.19. The number of carboxylic acids is 1. The number of carboxylic acid groups (broad SMARTS) is 1.